The van der Waals surface area contributed by atoms with Crippen LogP contribution < -0.4 is 10.2 Å². The number of aryl methyl sites for hydroxylation is 1. The second-order valence-corrected chi connectivity index (χ2v) is 6.77. The summed E-state index contributed by atoms with van der Waals surface area (Å²) in [6.07, 6.45) is 1.21. The molecule has 0 saturated heterocycles. The standard InChI is InChI=1S/C22H22N2O4/c1-13(2)28-20-10-9-14(3)11-17(20)16-7-5-6-8-18(16)24-12-19(26)22(27)21(23-24)15(4)25/h5-13,25-26H,4H2,1-3H3. The van der Waals surface area contributed by atoms with Crippen LogP contribution in [0.5, 0.6) is 11.5 Å². The minimum absolute atomic E-state index is 0.00694. The minimum Gasteiger partial charge on any atom is -0.506 e. The topological polar surface area (TPSA) is 84.6 Å². The van der Waals surface area contributed by atoms with Gasteiger partial charge in [0.15, 0.2) is 11.4 Å². The molecule has 0 radical (unpaired) electrons. The van der Waals surface area contributed by atoms with Gasteiger partial charge in [-0.15, -0.1) is 0 Å². The third-order valence-corrected chi connectivity index (χ3v) is 4.11. The third kappa shape index (κ3) is 3.76. The molecular formula is C22H22N2O4. The van der Waals surface area contributed by atoms with Gasteiger partial charge in [-0.05, 0) is 39.0 Å². The average Bonchev–Trinajstić information content (AvgIpc) is 2.64. The maximum Gasteiger partial charge on any atom is 0.252 e. The van der Waals surface area contributed by atoms with Crippen LogP contribution in [-0.2, 0) is 0 Å². The third-order valence-electron chi connectivity index (χ3n) is 4.11. The van der Waals surface area contributed by atoms with Crippen LogP contribution in [0.25, 0.3) is 22.6 Å². The van der Waals surface area contributed by atoms with Crippen molar-refractivity contribution in [3.05, 3.63) is 76.7 Å². The van der Waals surface area contributed by atoms with E-state index in [-0.39, 0.29) is 11.8 Å². The highest BCUT2D eigenvalue weighted by molar-refractivity contribution is 5.78. The maximum atomic E-state index is 12.0. The Morgan fingerprint density at radius 2 is 1.89 bits per heavy atom. The highest BCUT2D eigenvalue weighted by Gasteiger charge is 2.17. The summed E-state index contributed by atoms with van der Waals surface area (Å²) in [6, 6.07) is 13.3. The molecule has 6 nitrogen and oxygen atoms in total. The largest absolute Gasteiger partial charge is 0.506 e. The van der Waals surface area contributed by atoms with E-state index < -0.39 is 16.9 Å². The van der Waals surface area contributed by atoms with Gasteiger partial charge in [-0.1, -0.05) is 36.4 Å². The SMILES string of the molecule is C=C(O)c1nn(-c2ccccc2-c2cc(C)ccc2OC(C)C)cc(O)c1=O. The minimum atomic E-state index is -0.777. The van der Waals surface area contributed by atoms with Crippen LogP contribution in [-0.4, -0.2) is 26.1 Å². The Labute approximate surface area is 163 Å². The van der Waals surface area contributed by atoms with E-state index in [9.17, 15) is 15.0 Å². The molecule has 6 heteroatoms. The van der Waals surface area contributed by atoms with E-state index in [1.165, 1.54) is 10.9 Å². The first-order valence-electron chi connectivity index (χ1n) is 8.86. The zero-order valence-electron chi connectivity index (χ0n) is 16.0. The van der Waals surface area contributed by atoms with E-state index in [1.807, 2.05) is 57.2 Å². The molecule has 0 atom stereocenters. The number of aliphatic hydroxyl groups is 1. The van der Waals surface area contributed by atoms with E-state index in [1.54, 1.807) is 6.07 Å². The van der Waals surface area contributed by atoms with E-state index in [4.69, 9.17) is 4.74 Å². The van der Waals surface area contributed by atoms with Gasteiger partial charge in [-0.3, -0.25) is 4.79 Å². The maximum absolute atomic E-state index is 12.0. The van der Waals surface area contributed by atoms with Gasteiger partial charge in [0, 0.05) is 11.1 Å². The van der Waals surface area contributed by atoms with Crippen LogP contribution >= 0.6 is 0 Å². The normalized spacial score (nSPS) is 10.9. The van der Waals surface area contributed by atoms with Crippen molar-refractivity contribution in [3.63, 3.8) is 0 Å². The molecule has 2 aromatic carbocycles. The van der Waals surface area contributed by atoms with Crippen LogP contribution in [0.2, 0.25) is 0 Å². The highest BCUT2D eigenvalue weighted by Crippen LogP contribution is 2.35. The smallest absolute Gasteiger partial charge is 0.252 e. The molecule has 0 aliphatic rings. The molecule has 0 unspecified atom stereocenters. The van der Waals surface area contributed by atoms with E-state index in [2.05, 4.69) is 11.7 Å². The second-order valence-electron chi connectivity index (χ2n) is 6.77. The number of rotatable bonds is 5. The highest BCUT2D eigenvalue weighted by atomic mass is 16.5. The number of benzene rings is 2. The molecule has 0 amide bonds. The first-order valence-corrected chi connectivity index (χ1v) is 8.86. The van der Waals surface area contributed by atoms with E-state index >= 15 is 0 Å². The molecule has 1 heterocycles. The molecule has 3 aromatic rings. The summed E-state index contributed by atoms with van der Waals surface area (Å²) < 4.78 is 7.32. The zero-order valence-corrected chi connectivity index (χ0v) is 16.0. The lowest BCUT2D eigenvalue weighted by Gasteiger charge is -2.18. The molecule has 0 spiro atoms. The van der Waals surface area contributed by atoms with Gasteiger partial charge in [0.1, 0.15) is 11.5 Å². The Hall–Kier alpha value is -3.54. The van der Waals surface area contributed by atoms with Gasteiger partial charge in [0.05, 0.1) is 18.0 Å². The second kappa shape index (κ2) is 7.60. The fraction of sp³-hybridized carbons (Fsp3) is 0.182. The monoisotopic (exact) mass is 378 g/mol. The number of aliphatic hydroxyl groups excluding tert-OH is 1. The van der Waals surface area contributed by atoms with Crippen molar-refractivity contribution < 1.29 is 14.9 Å². The molecule has 1 aromatic heterocycles. The summed E-state index contributed by atoms with van der Waals surface area (Å²) in [5, 5.41) is 23.8. The molecule has 3 rings (SSSR count). The van der Waals surface area contributed by atoms with Gasteiger partial charge in [0.25, 0.3) is 5.43 Å². The lowest BCUT2D eigenvalue weighted by atomic mass is 10.0. The Morgan fingerprint density at radius 1 is 1.18 bits per heavy atom. The summed E-state index contributed by atoms with van der Waals surface area (Å²) in [5.41, 5.74) is 2.24. The number of aromatic nitrogens is 2. The summed E-state index contributed by atoms with van der Waals surface area (Å²) in [6.45, 7) is 9.25. The first kappa shape index (κ1) is 19.2. The van der Waals surface area contributed by atoms with E-state index in [0.717, 1.165) is 16.7 Å². The van der Waals surface area contributed by atoms with Gasteiger partial charge < -0.3 is 14.9 Å². The zero-order chi connectivity index (χ0) is 20.4. The molecule has 144 valence electrons. The van der Waals surface area contributed by atoms with Crippen molar-refractivity contribution in [3.8, 4) is 28.3 Å². The van der Waals surface area contributed by atoms with Crippen LogP contribution in [0, 0.1) is 6.92 Å². The number of ether oxygens (including phenoxy) is 1. The van der Waals surface area contributed by atoms with Crippen LogP contribution in [0.3, 0.4) is 0 Å². The molecule has 0 aliphatic heterocycles. The summed E-state index contributed by atoms with van der Waals surface area (Å²) in [7, 11) is 0. The van der Waals surface area contributed by atoms with Crippen molar-refractivity contribution in [2.45, 2.75) is 26.9 Å². The van der Waals surface area contributed by atoms with Gasteiger partial charge in [-0.25, -0.2) is 4.68 Å². The Balaban J connectivity index is 2.26. The number of nitrogens with zero attached hydrogens (tertiary/aromatic N) is 2. The molecule has 28 heavy (non-hydrogen) atoms. The predicted octanol–water partition coefficient (Wildman–Crippen LogP) is 4.23. The number of aromatic hydroxyl groups is 1. The van der Waals surface area contributed by atoms with Crippen LogP contribution in [0.1, 0.15) is 25.1 Å². The molecule has 0 aliphatic carbocycles. The molecule has 0 fully saturated rings. The van der Waals surface area contributed by atoms with E-state index in [0.29, 0.717) is 11.4 Å². The number of hydrogen-bond acceptors (Lipinski definition) is 5. The summed E-state index contributed by atoms with van der Waals surface area (Å²) in [5.74, 6) is -0.325. The van der Waals surface area contributed by atoms with Gasteiger partial charge >= 0.3 is 0 Å². The number of para-hydroxylation sites is 1. The van der Waals surface area contributed by atoms with Crippen molar-refractivity contribution in [1.29, 1.82) is 0 Å². The number of hydrogen-bond donors (Lipinski definition) is 2. The van der Waals surface area contributed by atoms with Crippen LogP contribution in [0.15, 0.2) is 60.0 Å². The van der Waals surface area contributed by atoms with Crippen molar-refractivity contribution >= 4 is 5.76 Å². The van der Waals surface area contributed by atoms with Crippen molar-refractivity contribution in [1.82, 2.24) is 9.78 Å². The fourth-order valence-corrected chi connectivity index (χ4v) is 2.90. The fourth-order valence-electron chi connectivity index (χ4n) is 2.90. The lowest BCUT2D eigenvalue weighted by Crippen LogP contribution is -2.16. The van der Waals surface area contributed by atoms with Crippen molar-refractivity contribution in [2.75, 3.05) is 0 Å². The Bertz CT molecular complexity index is 1100. The van der Waals surface area contributed by atoms with Crippen molar-refractivity contribution in [2.24, 2.45) is 0 Å². The molecule has 0 bridgehead atoms. The lowest BCUT2D eigenvalue weighted by molar-refractivity contribution is 0.243. The molecular weight excluding hydrogens is 356 g/mol. The van der Waals surface area contributed by atoms with Gasteiger partial charge in [-0.2, -0.15) is 5.10 Å². The van der Waals surface area contributed by atoms with Gasteiger partial charge in [0.2, 0.25) is 0 Å². The summed E-state index contributed by atoms with van der Waals surface area (Å²) in [4.78, 5) is 12.0. The van der Waals surface area contributed by atoms with Crippen LogP contribution in [0.4, 0.5) is 0 Å². The molecule has 0 saturated carbocycles. The Morgan fingerprint density at radius 3 is 2.57 bits per heavy atom. The average molecular weight is 378 g/mol. The summed E-state index contributed by atoms with van der Waals surface area (Å²) >= 11 is 0. The Kier molecular flexibility index (Phi) is 5.22. The first-order chi connectivity index (χ1) is 13.3. The quantitative estimate of drug-likeness (QED) is 0.649. The molecule has 2 N–H and O–H groups in total. The predicted molar refractivity (Wildman–Crippen MR) is 109 cm³/mol.